The Hall–Kier alpha value is -1.36. The second-order valence-corrected chi connectivity index (χ2v) is 9.43. The Balaban J connectivity index is 1.29. The van der Waals surface area contributed by atoms with Crippen molar-refractivity contribution in [3.63, 3.8) is 0 Å². The second-order valence-electron chi connectivity index (χ2n) is 9.43. The van der Waals surface area contributed by atoms with Gasteiger partial charge in [0, 0.05) is 25.7 Å². The Bertz CT molecular complexity index is 635. The van der Waals surface area contributed by atoms with E-state index in [1.54, 1.807) is 0 Å². The van der Waals surface area contributed by atoms with Crippen LogP contribution < -0.4 is 5.32 Å². The zero-order chi connectivity index (χ0) is 18.3. The first-order valence-electron chi connectivity index (χ1n) is 10.5. The molecule has 0 aromatic carbocycles. The summed E-state index contributed by atoms with van der Waals surface area (Å²) in [6.45, 7) is 10.2. The lowest BCUT2D eigenvalue weighted by atomic mass is 9.76. The summed E-state index contributed by atoms with van der Waals surface area (Å²) >= 11 is 0. The molecule has 2 heterocycles. The average Bonchev–Trinajstić information content (AvgIpc) is 3.19. The summed E-state index contributed by atoms with van der Waals surface area (Å²) in [6.07, 6.45) is 7.80. The molecule has 4 rings (SSSR count). The van der Waals surface area contributed by atoms with Crippen LogP contribution in [0.5, 0.6) is 0 Å². The molecule has 3 aliphatic rings. The highest BCUT2D eigenvalue weighted by Gasteiger charge is 2.39. The third kappa shape index (κ3) is 3.68. The highest BCUT2D eigenvalue weighted by atomic mass is 16.5. The standard InChI is InChI=1S/C21H33N3O2/c1-13(2)20-19(12-26-23-20)21(25)22-18-5-4-16-10-24(11-17(16)8-18)9-15-6-14(3)7-15/h12-18H,4-11H2,1-3H3,(H,22,25). The number of rotatable bonds is 5. The highest BCUT2D eigenvalue weighted by Crippen LogP contribution is 2.39. The number of nitrogens with zero attached hydrogens (tertiary/aromatic N) is 2. The average molecular weight is 360 g/mol. The van der Waals surface area contributed by atoms with Crippen molar-refractivity contribution in [2.45, 2.75) is 64.8 Å². The Labute approximate surface area is 156 Å². The van der Waals surface area contributed by atoms with E-state index in [9.17, 15) is 4.79 Å². The fourth-order valence-corrected chi connectivity index (χ4v) is 5.49. The van der Waals surface area contributed by atoms with Gasteiger partial charge in [0.1, 0.15) is 11.8 Å². The van der Waals surface area contributed by atoms with Gasteiger partial charge in [-0.1, -0.05) is 25.9 Å². The van der Waals surface area contributed by atoms with E-state index in [2.05, 4.69) is 22.3 Å². The molecule has 0 bridgehead atoms. The van der Waals surface area contributed by atoms with Crippen LogP contribution in [0.4, 0.5) is 0 Å². The van der Waals surface area contributed by atoms with Gasteiger partial charge in [-0.2, -0.15) is 0 Å². The number of carbonyl (C=O) groups excluding carboxylic acids is 1. The fourth-order valence-electron chi connectivity index (χ4n) is 5.49. The Morgan fingerprint density at radius 2 is 2.04 bits per heavy atom. The van der Waals surface area contributed by atoms with Crippen LogP contribution >= 0.6 is 0 Å². The predicted octanol–water partition coefficient (Wildman–Crippen LogP) is 3.67. The van der Waals surface area contributed by atoms with E-state index in [1.807, 2.05) is 13.8 Å². The monoisotopic (exact) mass is 359 g/mol. The summed E-state index contributed by atoms with van der Waals surface area (Å²) in [5.41, 5.74) is 1.37. The first kappa shape index (κ1) is 18.0. The molecule has 1 aromatic heterocycles. The number of amides is 1. The molecule has 3 unspecified atom stereocenters. The summed E-state index contributed by atoms with van der Waals surface area (Å²) in [6, 6.07) is 0.294. The Kier molecular flexibility index (Phi) is 5.09. The van der Waals surface area contributed by atoms with Gasteiger partial charge in [-0.3, -0.25) is 4.79 Å². The van der Waals surface area contributed by atoms with Crippen molar-refractivity contribution in [3.8, 4) is 0 Å². The second kappa shape index (κ2) is 7.34. The zero-order valence-corrected chi connectivity index (χ0v) is 16.4. The minimum Gasteiger partial charge on any atom is -0.364 e. The number of carbonyl (C=O) groups is 1. The van der Waals surface area contributed by atoms with Crippen molar-refractivity contribution in [2.24, 2.45) is 23.7 Å². The molecule has 0 radical (unpaired) electrons. The van der Waals surface area contributed by atoms with E-state index in [4.69, 9.17) is 4.52 Å². The molecule has 1 amide bonds. The van der Waals surface area contributed by atoms with E-state index in [0.29, 0.717) is 11.6 Å². The molecule has 1 N–H and O–H groups in total. The Morgan fingerprint density at radius 1 is 1.27 bits per heavy atom. The number of fused-ring (bicyclic) bond motifs is 1. The third-order valence-corrected chi connectivity index (χ3v) is 6.84. The molecule has 5 heteroatoms. The van der Waals surface area contributed by atoms with Crippen LogP contribution in [0.1, 0.15) is 74.8 Å². The van der Waals surface area contributed by atoms with Gasteiger partial charge >= 0.3 is 0 Å². The lowest BCUT2D eigenvalue weighted by Gasteiger charge is -2.35. The van der Waals surface area contributed by atoms with Crippen LogP contribution in [0.15, 0.2) is 10.8 Å². The van der Waals surface area contributed by atoms with E-state index in [1.165, 1.54) is 45.2 Å². The molecule has 1 aliphatic heterocycles. The normalized spacial score (nSPS) is 34.5. The van der Waals surface area contributed by atoms with Gasteiger partial charge in [-0.25, -0.2) is 0 Å². The maximum atomic E-state index is 12.7. The molecule has 26 heavy (non-hydrogen) atoms. The minimum absolute atomic E-state index is 0.0169. The summed E-state index contributed by atoms with van der Waals surface area (Å²) in [4.78, 5) is 15.4. The largest absolute Gasteiger partial charge is 0.364 e. The van der Waals surface area contributed by atoms with Gasteiger partial charge < -0.3 is 14.7 Å². The lowest BCUT2D eigenvalue weighted by molar-refractivity contribution is 0.0911. The van der Waals surface area contributed by atoms with Crippen molar-refractivity contribution in [1.29, 1.82) is 0 Å². The van der Waals surface area contributed by atoms with Gasteiger partial charge in [0.05, 0.1) is 5.69 Å². The van der Waals surface area contributed by atoms with Gasteiger partial charge in [-0.15, -0.1) is 0 Å². The van der Waals surface area contributed by atoms with Gasteiger partial charge in [0.15, 0.2) is 0 Å². The molecule has 144 valence electrons. The van der Waals surface area contributed by atoms with E-state index in [-0.39, 0.29) is 11.8 Å². The first-order valence-corrected chi connectivity index (χ1v) is 10.5. The number of aromatic nitrogens is 1. The summed E-state index contributed by atoms with van der Waals surface area (Å²) in [5, 5.41) is 7.25. The summed E-state index contributed by atoms with van der Waals surface area (Å²) < 4.78 is 5.04. The molecule has 1 aromatic rings. The molecule has 3 fully saturated rings. The quantitative estimate of drug-likeness (QED) is 0.871. The highest BCUT2D eigenvalue weighted by molar-refractivity contribution is 5.95. The topological polar surface area (TPSA) is 58.4 Å². The van der Waals surface area contributed by atoms with Crippen molar-refractivity contribution in [3.05, 3.63) is 17.5 Å². The lowest BCUT2D eigenvalue weighted by Crippen LogP contribution is -2.40. The maximum absolute atomic E-state index is 12.7. The van der Waals surface area contributed by atoms with Crippen LogP contribution in [-0.2, 0) is 0 Å². The smallest absolute Gasteiger partial charge is 0.256 e. The van der Waals surface area contributed by atoms with Crippen LogP contribution in [0.3, 0.4) is 0 Å². The van der Waals surface area contributed by atoms with E-state index < -0.39 is 0 Å². The van der Waals surface area contributed by atoms with Crippen molar-refractivity contribution >= 4 is 5.91 Å². The van der Waals surface area contributed by atoms with E-state index >= 15 is 0 Å². The van der Waals surface area contributed by atoms with Crippen LogP contribution in [-0.4, -0.2) is 41.6 Å². The fraction of sp³-hybridized carbons (Fsp3) is 0.810. The molecule has 1 saturated heterocycles. The molecule has 0 spiro atoms. The SMILES string of the molecule is CC1CC(CN2CC3CCC(NC(=O)c4conc4C(C)C)CC3C2)C1. The zero-order valence-electron chi connectivity index (χ0n) is 16.4. The van der Waals surface area contributed by atoms with Gasteiger partial charge in [0.25, 0.3) is 5.91 Å². The van der Waals surface area contributed by atoms with Crippen molar-refractivity contribution < 1.29 is 9.32 Å². The number of hydrogen-bond acceptors (Lipinski definition) is 4. The van der Waals surface area contributed by atoms with Crippen LogP contribution in [0, 0.1) is 23.7 Å². The minimum atomic E-state index is -0.0169. The first-order chi connectivity index (χ1) is 12.5. The summed E-state index contributed by atoms with van der Waals surface area (Å²) in [7, 11) is 0. The molecule has 3 atom stereocenters. The van der Waals surface area contributed by atoms with Gasteiger partial charge in [-0.05, 0) is 61.7 Å². The molecule has 2 aliphatic carbocycles. The predicted molar refractivity (Wildman–Crippen MR) is 101 cm³/mol. The third-order valence-electron chi connectivity index (χ3n) is 6.84. The summed E-state index contributed by atoms with van der Waals surface area (Å²) in [5.74, 6) is 3.64. The molecule has 2 saturated carbocycles. The van der Waals surface area contributed by atoms with Crippen molar-refractivity contribution in [1.82, 2.24) is 15.4 Å². The number of hydrogen-bond donors (Lipinski definition) is 1. The molecular formula is C21H33N3O2. The van der Waals surface area contributed by atoms with Gasteiger partial charge in [0.2, 0.25) is 0 Å². The van der Waals surface area contributed by atoms with E-state index in [0.717, 1.165) is 42.2 Å². The van der Waals surface area contributed by atoms with Crippen LogP contribution in [0.25, 0.3) is 0 Å². The number of nitrogens with one attached hydrogen (secondary N) is 1. The van der Waals surface area contributed by atoms with Crippen molar-refractivity contribution in [2.75, 3.05) is 19.6 Å². The molecular weight excluding hydrogens is 326 g/mol. The maximum Gasteiger partial charge on any atom is 0.256 e. The Morgan fingerprint density at radius 3 is 2.77 bits per heavy atom. The number of likely N-dealkylation sites (tertiary alicyclic amines) is 1. The molecule has 5 nitrogen and oxygen atoms in total. The van der Waals surface area contributed by atoms with Crippen LogP contribution in [0.2, 0.25) is 0 Å².